The van der Waals surface area contributed by atoms with Gasteiger partial charge in [0.1, 0.15) is 13.5 Å². The van der Waals surface area contributed by atoms with Gasteiger partial charge in [0.15, 0.2) is 0 Å². The fourth-order valence-corrected chi connectivity index (χ4v) is 1.19. The molecule has 0 amide bonds. The van der Waals surface area contributed by atoms with E-state index in [-0.39, 0.29) is 13.5 Å². The van der Waals surface area contributed by atoms with Gasteiger partial charge in [0.05, 0.1) is 0 Å². The van der Waals surface area contributed by atoms with E-state index < -0.39 is 0 Å². The maximum absolute atomic E-state index is 8.68. The second kappa shape index (κ2) is 4.69. The van der Waals surface area contributed by atoms with Crippen LogP contribution in [-0.2, 0) is 0 Å². The maximum atomic E-state index is 8.68. The highest BCUT2D eigenvalue weighted by Gasteiger charge is 2.01. The Kier molecular flexibility index (Phi) is 3.54. The number of hydrogen-bond acceptors (Lipinski definition) is 4. The maximum Gasteiger partial charge on any atom is 0.113 e. The van der Waals surface area contributed by atoms with Crippen LogP contribution in [0.2, 0.25) is 0 Å². The lowest BCUT2D eigenvalue weighted by Crippen LogP contribution is -2.05. The Morgan fingerprint density at radius 2 is 1.54 bits per heavy atom. The van der Waals surface area contributed by atoms with Crippen LogP contribution >= 0.6 is 0 Å². The minimum absolute atomic E-state index is 0.0938. The van der Waals surface area contributed by atoms with Crippen molar-refractivity contribution in [1.29, 1.82) is 0 Å². The Balaban J connectivity index is 2.89. The summed E-state index contributed by atoms with van der Waals surface area (Å²) >= 11 is 0. The fourth-order valence-electron chi connectivity index (χ4n) is 1.19. The second-order valence-corrected chi connectivity index (χ2v) is 2.65. The molecule has 0 aliphatic rings. The van der Waals surface area contributed by atoms with Gasteiger partial charge in [-0.15, -0.1) is 0 Å². The largest absolute Gasteiger partial charge is 0.377 e. The van der Waals surface area contributed by atoms with Crippen LogP contribution in [0.1, 0.15) is 5.56 Å². The normalized spacial score (nSPS) is 9.77. The van der Waals surface area contributed by atoms with Crippen molar-refractivity contribution < 1.29 is 10.2 Å². The number of anilines is 2. The van der Waals surface area contributed by atoms with Gasteiger partial charge in [0.2, 0.25) is 0 Å². The molecule has 0 saturated carbocycles. The third kappa shape index (κ3) is 2.34. The zero-order chi connectivity index (χ0) is 9.68. The molecule has 0 spiro atoms. The van der Waals surface area contributed by atoms with E-state index >= 15 is 0 Å². The van der Waals surface area contributed by atoms with E-state index in [4.69, 9.17) is 10.2 Å². The topological polar surface area (TPSA) is 64.5 Å². The van der Waals surface area contributed by atoms with E-state index in [9.17, 15) is 0 Å². The number of benzene rings is 1. The van der Waals surface area contributed by atoms with E-state index in [0.717, 1.165) is 16.9 Å². The molecule has 72 valence electrons. The van der Waals surface area contributed by atoms with Crippen molar-refractivity contribution in [2.24, 2.45) is 0 Å². The summed E-state index contributed by atoms with van der Waals surface area (Å²) in [6.45, 7) is 1.73. The van der Waals surface area contributed by atoms with Crippen LogP contribution in [0.5, 0.6) is 0 Å². The summed E-state index contributed by atoms with van der Waals surface area (Å²) in [5.74, 6) is 0. The van der Waals surface area contributed by atoms with Crippen molar-refractivity contribution in [2.45, 2.75) is 6.92 Å². The van der Waals surface area contributed by atoms with Crippen molar-refractivity contribution in [1.82, 2.24) is 0 Å². The van der Waals surface area contributed by atoms with E-state index in [1.165, 1.54) is 0 Å². The Bertz CT molecular complexity index is 252. The second-order valence-electron chi connectivity index (χ2n) is 2.65. The van der Waals surface area contributed by atoms with Crippen LogP contribution in [0.3, 0.4) is 0 Å². The van der Waals surface area contributed by atoms with Crippen LogP contribution in [-0.4, -0.2) is 23.7 Å². The smallest absolute Gasteiger partial charge is 0.113 e. The molecular weight excluding hydrogens is 168 g/mol. The molecule has 0 aliphatic heterocycles. The van der Waals surface area contributed by atoms with Crippen molar-refractivity contribution in [3.8, 4) is 0 Å². The molecule has 0 bridgehead atoms. The van der Waals surface area contributed by atoms with Crippen molar-refractivity contribution >= 4 is 11.4 Å². The van der Waals surface area contributed by atoms with E-state index in [2.05, 4.69) is 10.6 Å². The molecule has 1 aromatic carbocycles. The zero-order valence-corrected chi connectivity index (χ0v) is 7.54. The third-order valence-electron chi connectivity index (χ3n) is 1.87. The Morgan fingerprint density at radius 3 is 1.92 bits per heavy atom. The quantitative estimate of drug-likeness (QED) is 0.518. The first-order valence-corrected chi connectivity index (χ1v) is 4.08. The van der Waals surface area contributed by atoms with Gasteiger partial charge in [-0.25, -0.2) is 0 Å². The minimum Gasteiger partial charge on any atom is -0.377 e. The zero-order valence-electron chi connectivity index (χ0n) is 7.54. The SMILES string of the molecule is Cc1c(NCO)cccc1NCO. The van der Waals surface area contributed by atoms with Gasteiger partial charge >= 0.3 is 0 Å². The van der Waals surface area contributed by atoms with E-state index in [0.29, 0.717) is 0 Å². The van der Waals surface area contributed by atoms with Gasteiger partial charge in [-0.05, 0) is 24.6 Å². The molecule has 1 rings (SSSR count). The van der Waals surface area contributed by atoms with Crippen molar-refractivity contribution in [2.75, 3.05) is 24.1 Å². The minimum atomic E-state index is -0.0938. The summed E-state index contributed by atoms with van der Waals surface area (Å²) in [5, 5.41) is 23.0. The summed E-state index contributed by atoms with van der Waals surface area (Å²) in [4.78, 5) is 0. The molecular formula is C9H14N2O2. The van der Waals surface area contributed by atoms with Crippen molar-refractivity contribution in [3.63, 3.8) is 0 Å². The number of hydrogen-bond donors (Lipinski definition) is 4. The first-order chi connectivity index (χ1) is 6.29. The third-order valence-corrected chi connectivity index (χ3v) is 1.87. The Labute approximate surface area is 77.2 Å². The van der Waals surface area contributed by atoms with Gasteiger partial charge in [-0.1, -0.05) is 6.07 Å². The molecule has 0 unspecified atom stereocenters. The number of aliphatic hydroxyl groups excluding tert-OH is 2. The number of nitrogens with one attached hydrogen (secondary N) is 2. The van der Waals surface area contributed by atoms with Crippen LogP contribution in [0.4, 0.5) is 11.4 Å². The standard InChI is InChI=1S/C9H14N2O2/c1-7-8(10-5-12)3-2-4-9(7)11-6-13/h2-4,10-13H,5-6H2,1H3. The Morgan fingerprint density at radius 1 is 1.08 bits per heavy atom. The lowest BCUT2D eigenvalue weighted by atomic mass is 10.1. The fraction of sp³-hybridized carbons (Fsp3) is 0.333. The number of aliphatic hydroxyl groups is 2. The lowest BCUT2D eigenvalue weighted by Gasteiger charge is -2.11. The molecule has 0 radical (unpaired) electrons. The molecule has 0 atom stereocenters. The molecule has 4 N–H and O–H groups in total. The lowest BCUT2D eigenvalue weighted by molar-refractivity contribution is 0.325. The van der Waals surface area contributed by atoms with Gasteiger partial charge in [0.25, 0.3) is 0 Å². The molecule has 0 heterocycles. The predicted octanol–water partition coefficient (Wildman–Crippen LogP) is 0.718. The first-order valence-electron chi connectivity index (χ1n) is 4.08. The molecule has 0 fully saturated rings. The average molecular weight is 182 g/mol. The highest BCUT2D eigenvalue weighted by Crippen LogP contribution is 2.22. The van der Waals surface area contributed by atoms with E-state index in [1.54, 1.807) is 0 Å². The molecule has 0 aromatic heterocycles. The highest BCUT2D eigenvalue weighted by molar-refractivity contribution is 5.64. The summed E-state index contributed by atoms with van der Waals surface area (Å²) < 4.78 is 0. The predicted molar refractivity (Wildman–Crippen MR) is 52.6 cm³/mol. The molecule has 0 saturated heterocycles. The van der Waals surface area contributed by atoms with Crippen LogP contribution in [0.25, 0.3) is 0 Å². The van der Waals surface area contributed by atoms with E-state index in [1.807, 2.05) is 25.1 Å². The summed E-state index contributed by atoms with van der Waals surface area (Å²) in [5.41, 5.74) is 2.70. The number of rotatable bonds is 4. The van der Waals surface area contributed by atoms with Crippen molar-refractivity contribution in [3.05, 3.63) is 23.8 Å². The monoisotopic (exact) mass is 182 g/mol. The summed E-state index contributed by atoms with van der Waals surface area (Å²) in [6.07, 6.45) is 0. The Hall–Kier alpha value is -1.26. The molecule has 4 heteroatoms. The van der Waals surface area contributed by atoms with Gasteiger partial charge in [-0.2, -0.15) is 0 Å². The first kappa shape index (κ1) is 9.83. The van der Waals surface area contributed by atoms with Crippen LogP contribution < -0.4 is 10.6 Å². The van der Waals surface area contributed by atoms with Gasteiger partial charge < -0.3 is 20.8 Å². The van der Waals surface area contributed by atoms with Gasteiger partial charge in [-0.3, -0.25) is 0 Å². The molecule has 13 heavy (non-hydrogen) atoms. The highest BCUT2D eigenvalue weighted by atomic mass is 16.3. The van der Waals surface area contributed by atoms with Gasteiger partial charge in [0, 0.05) is 11.4 Å². The molecule has 0 aliphatic carbocycles. The molecule has 4 nitrogen and oxygen atoms in total. The summed E-state index contributed by atoms with van der Waals surface area (Å²) in [6, 6.07) is 5.59. The molecule has 1 aromatic rings. The average Bonchev–Trinajstić information content (AvgIpc) is 2.13. The summed E-state index contributed by atoms with van der Waals surface area (Å²) in [7, 11) is 0. The van der Waals surface area contributed by atoms with Crippen LogP contribution in [0.15, 0.2) is 18.2 Å². The van der Waals surface area contributed by atoms with Crippen LogP contribution in [0, 0.1) is 6.92 Å².